The van der Waals surface area contributed by atoms with Crippen LogP contribution >= 0.6 is 0 Å². The molecule has 2 atom stereocenters. The van der Waals surface area contributed by atoms with Crippen LogP contribution in [0.5, 0.6) is 0 Å². The molecule has 0 saturated carbocycles. The molecule has 2 N–H and O–H groups in total. The molecule has 0 aliphatic carbocycles. The molecule has 2 aromatic carbocycles. The SMILES string of the molecule is c1ccc([C@@H]2NCCC[C@@H]2NCc2cc(Cn3ncnn3)cc3ccoc23)cc1. The van der Waals surface area contributed by atoms with Crippen molar-refractivity contribution in [1.82, 2.24) is 30.8 Å². The highest BCUT2D eigenvalue weighted by molar-refractivity contribution is 5.81. The van der Waals surface area contributed by atoms with Gasteiger partial charge in [0.2, 0.25) is 0 Å². The van der Waals surface area contributed by atoms with Crippen LogP contribution < -0.4 is 10.6 Å². The average Bonchev–Trinajstić information content (AvgIpc) is 3.45. The van der Waals surface area contributed by atoms with E-state index in [1.165, 1.54) is 18.3 Å². The molecule has 148 valence electrons. The molecule has 3 heterocycles. The second kappa shape index (κ2) is 8.14. The number of nitrogens with one attached hydrogen (secondary N) is 2. The van der Waals surface area contributed by atoms with Crippen LogP contribution in [0.4, 0.5) is 0 Å². The highest BCUT2D eigenvalue weighted by Crippen LogP contribution is 2.26. The van der Waals surface area contributed by atoms with E-state index in [-0.39, 0.29) is 0 Å². The van der Waals surface area contributed by atoms with Crippen LogP contribution in [0.3, 0.4) is 0 Å². The number of hydrogen-bond donors (Lipinski definition) is 2. The summed E-state index contributed by atoms with van der Waals surface area (Å²) in [5, 5.41) is 20.5. The predicted octanol–water partition coefficient (Wildman–Crippen LogP) is 3.05. The van der Waals surface area contributed by atoms with Gasteiger partial charge in [-0.1, -0.05) is 30.3 Å². The summed E-state index contributed by atoms with van der Waals surface area (Å²) in [6.45, 7) is 2.39. The van der Waals surface area contributed by atoms with Crippen LogP contribution in [0.25, 0.3) is 11.0 Å². The molecule has 1 aliphatic heterocycles. The second-order valence-corrected chi connectivity index (χ2v) is 7.53. The lowest BCUT2D eigenvalue weighted by atomic mass is 9.92. The molecule has 2 aromatic heterocycles. The minimum atomic E-state index is 0.319. The van der Waals surface area contributed by atoms with Gasteiger partial charge in [0, 0.05) is 29.6 Å². The highest BCUT2D eigenvalue weighted by atomic mass is 16.3. The number of piperidine rings is 1. The van der Waals surface area contributed by atoms with E-state index in [1.807, 2.05) is 6.07 Å². The molecule has 0 spiro atoms. The molecule has 1 aliphatic rings. The van der Waals surface area contributed by atoms with E-state index in [0.717, 1.165) is 41.6 Å². The Labute approximate surface area is 169 Å². The van der Waals surface area contributed by atoms with Gasteiger partial charge < -0.3 is 15.1 Å². The lowest BCUT2D eigenvalue weighted by Crippen LogP contribution is -2.45. The van der Waals surface area contributed by atoms with Crippen LogP contribution in [-0.4, -0.2) is 32.8 Å². The molecule has 0 amide bonds. The maximum atomic E-state index is 5.78. The van der Waals surface area contributed by atoms with E-state index >= 15 is 0 Å². The first-order valence-corrected chi connectivity index (χ1v) is 10.1. The first kappa shape index (κ1) is 18.0. The first-order valence-electron chi connectivity index (χ1n) is 10.1. The maximum Gasteiger partial charge on any atom is 0.162 e. The van der Waals surface area contributed by atoms with Gasteiger partial charge in [-0.05, 0) is 53.9 Å². The number of aromatic nitrogens is 4. The van der Waals surface area contributed by atoms with Crippen LogP contribution in [0.15, 0.2) is 65.5 Å². The number of benzene rings is 2. The quantitative estimate of drug-likeness (QED) is 0.528. The maximum absolute atomic E-state index is 5.78. The summed E-state index contributed by atoms with van der Waals surface area (Å²) in [4.78, 5) is 1.59. The van der Waals surface area contributed by atoms with Gasteiger partial charge >= 0.3 is 0 Å². The number of rotatable bonds is 6. The summed E-state index contributed by atoms with van der Waals surface area (Å²) in [5.74, 6) is 0. The highest BCUT2D eigenvalue weighted by Gasteiger charge is 2.25. The molecule has 7 nitrogen and oxygen atoms in total. The Morgan fingerprint density at radius 3 is 2.97 bits per heavy atom. The molecule has 4 aromatic rings. The van der Waals surface area contributed by atoms with Crippen LogP contribution in [0.1, 0.15) is 35.6 Å². The summed E-state index contributed by atoms with van der Waals surface area (Å²) in [6, 6.07) is 17.7. The fourth-order valence-corrected chi connectivity index (χ4v) is 4.23. The van der Waals surface area contributed by atoms with Gasteiger partial charge in [-0.3, -0.25) is 0 Å². The number of fused-ring (bicyclic) bond motifs is 1. The van der Waals surface area contributed by atoms with E-state index < -0.39 is 0 Å². The van der Waals surface area contributed by atoms with Crippen molar-refractivity contribution in [2.24, 2.45) is 0 Å². The minimum absolute atomic E-state index is 0.319. The topological polar surface area (TPSA) is 80.8 Å². The third-order valence-corrected chi connectivity index (χ3v) is 5.58. The zero-order valence-corrected chi connectivity index (χ0v) is 16.2. The summed E-state index contributed by atoms with van der Waals surface area (Å²) in [6.07, 6.45) is 5.53. The van der Waals surface area contributed by atoms with Crippen molar-refractivity contribution in [3.63, 3.8) is 0 Å². The number of furan rings is 1. The Balaban J connectivity index is 1.37. The standard InChI is InChI=1S/C22H24N6O/c1-2-5-17(6-3-1)21-20(7-4-9-23-21)24-13-19-12-16(14-28-26-15-25-27-28)11-18-8-10-29-22(18)19/h1-3,5-6,8,10-12,15,20-21,23-24H,4,7,9,13-14H2/t20-,21-/m0/s1. The molecule has 1 fully saturated rings. The van der Waals surface area contributed by atoms with Gasteiger partial charge in [-0.15, -0.1) is 10.2 Å². The summed E-state index contributed by atoms with van der Waals surface area (Å²) < 4.78 is 5.78. The van der Waals surface area contributed by atoms with E-state index in [0.29, 0.717) is 18.6 Å². The Kier molecular flexibility index (Phi) is 5.06. The zero-order valence-electron chi connectivity index (χ0n) is 16.2. The van der Waals surface area contributed by atoms with Gasteiger partial charge in [0.05, 0.1) is 12.8 Å². The van der Waals surface area contributed by atoms with Crippen molar-refractivity contribution in [2.75, 3.05) is 6.54 Å². The van der Waals surface area contributed by atoms with Gasteiger partial charge in [0.25, 0.3) is 0 Å². The smallest absolute Gasteiger partial charge is 0.162 e. The van der Waals surface area contributed by atoms with Crippen molar-refractivity contribution in [3.05, 3.63) is 77.8 Å². The fourth-order valence-electron chi connectivity index (χ4n) is 4.23. The van der Waals surface area contributed by atoms with Crippen molar-refractivity contribution in [3.8, 4) is 0 Å². The molecule has 5 rings (SSSR count). The monoisotopic (exact) mass is 388 g/mol. The lowest BCUT2D eigenvalue weighted by Gasteiger charge is -2.34. The Morgan fingerprint density at radius 2 is 2.10 bits per heavy atom. The fraction of sp³-hybridized carbons (Fsp3) is 0.318. The van der Waals surface area contributed by atoms with Crippen molar-refractivity contribution in [2.45, 2.75) is 38.0 Å². The third-order valence-electron chi connectivity index (χ3n) is 5.58. The van der Waals surface area contributed by atoms with Crippen molar-refractivity contribution >= 4 is 11.0 Å². The zero-order chi connectivity index (χ0) is 19.5. The van der Waals surface area contributed by atoms with Gasteiger partial charge in [0.15, 0.2) is 6.33 Å². The first-order chi connectivity index (χ1) is 14.4. The number of tetrazole rings is 1. The number of hydrogen-bond acceptors (Lipinski definition) is 6. The van der Waals surface area contributed by atoms with Crippen LogP contribution in [0.2, 0.25) is 0 Å². The van der Waals surface area contributed by atoms with E-state index in [4.69, 9.17) is 4.42 Å². The second-order valence-electron chi connectivity index (χ2n) is 7.53. The Hall–Kier alpha value is -3.03. The van der Waals surface area contributed by atoms with Gasteiger partial charge in [-0.25, -0.2) is 0 Å². The Morgan fingerprint density at radius 1 is 1.17 bits per heavy atom. The van der Waals surface area contributed by atoms with E-state index in [2.05, 4.69) is 68.5 Å². The Bertz CT molecular complexity index is 1060. The van der Waals surface area contributed by atoms with Crippen molar-refractivity contribution < 1.29 is 4.42 Å². The third kappa shape index (κ3) is 3.92. The van der Waals surface area contributed by atoms with Gasteiger partial charge in [0.1, 0.15) is 5.58 Å². The molecule has 29 heavy (non-hydrogen) atoms. The molecule has 0 unspecified atom stereocenters. The van der Waals surface area contributed by atoms with Crippen LogP contribution in [-0.2, 0) is 13.1 Å². The predicted molar refractivity (Wildman–Crippen MR) is 110 cm³/mol. The van der Waals surface area contributed by atoms with Crippen LogP contribution in [0, 0.1) is 0 Å². The molecule has 7 heteroatoms. The molecular weight excluding hydrogens is 364 g/mol. The summed E-state index contributed by atoms with van der Waals surface area (Å²) >= 11 is 0. The molecule has 0 bridgehead atoms. The lowest BCUT2D eigenvalue weighted by molar-refractivity contribution is 0.304. The molecule has 0 radical (unpaired) electrons. The summed E-state index contributed by atoms with van der Waals surface area (Å²) in [7, 11) is 0. The minimum Gasteiger partial charge on any atom is -0.464 e. The normalized spacial score (nSPS) is 19.6. The average molecular weight is 388 g/mol. The summed E-state index contributed by atoms with van der Waals surface area (Å²) in [5.41, 5.74) is 4.56. The van der Waals surface area contributed by atoms with Gasteiger partial charge in [-0.2, -0.15) is 4.80 Å². The molecule has 1 saturated heterocycles. The molecular formula is C22H24N6O. The number of nitrogens with zero attached hydrogens (tertiary/aromatic N) is 4. The van der Waals surface area contributed by atoms with E-state index in [9.17, 15) is 0 Å². The largest absolute Gasteiger partial charge is 0.464 e. The van der Waals surface area contributed by atoms with E-state index in [1.54, 1.807) is 11.1 Å². The van der Waals surface area contributed by atoms with Crippen molar-refractivity contribution in [1.29, 1.82) is 0 Å².